The molecule has 1 aromatic heterocycles. The Hall–Kier alpha value is -1.06. The molecule has 1 atom stereocenters. The normalized spacial score (nSPS) is 13.5. The predicted octanol–water partition coefficient (Wildman–Crippen LogP) is 2.14. The average molecular weight is 208 g/mol. The molecule has 1 aromatic rings. The van der Waals surface area contributed by atoms with E-state index in [1.807, 2.05) is 26.0 Å². The minimum absolute atomic E-state index is 0.129. The number of allylic oxidation sites excluding steroid dienone is 1. The van der Waals surface area contributed by atoms with Gasteiger partial charge in [-0.15, -0.1) is 0 Å². The van der Waals surface area contributed by atoms with E-state index in [-0.39, 0.29) is 6.04 Å². The molecule has 0 fully saturated rings. The topological polar surface area (TPSA) is 51.2 Å². The Morgan fingerprint density at radius 2 is 2.33 bits per heavy atom. The lowest BCUT2D eigenvalue weighted by molar-refractivity contribution is 0.406. The van der Waals surface area contributed by atoms with Crippen molar-refractivity contribution in [1.29, 1.82) is 0 Å². The molecule has 0 amide bonds. The molecule has 0 saturated heterocycles. The van der Waals surface area contributed by atoms with E-state index in [4.69, 9.17) is 10.2 Å². The summed E-state index contributed by atoms with van der Waals surface area (Å²) in [4.78, 5) is 0. The Labute approximate surface area is 91.3 Å². The van der Waals surface area contributed by atoms with Crippen LogP contribution >= 0.6 is 0 Å². The standard InChI is InChI=1S/C12H20N2O/c1-3-4-5-8-14-11(9-13)12-7-6-10(2)15-12/h3-4,6-7,11,14H,5,8-9,13H2,1-2H3/b4-3+. The number of rotatable bonds is 6. The van der Waals surface area contributed by atoms with Gasteiger partial charge in [0.25, 0.3) is 0 Å². The Morgan fingerprint density at radius 1 is 1.53 bits per heavy atom. The summed E-state index contributed by atoms with van der Waals surface area (Å²) in [6, 6.07) is 4.07. The van der Waals surface area contributed by atoms with Crippen LogP contribution in [0.2, 0.25) is 0 Å². The highest BCUT2D eigenvalue weighted by molar-refractivity contribution is 5.10. The molecule has 15 heavy (non-hydrogen) atoms. The maximum absolute atomic E-state index is 5.69. The third kappa shape index (κ3) is 3.90. The highest BCUT2D eigenvalue weighted by Gasteiger charge is 2.11. The molecule has 3 nitrogen and oxygen atoms in total. The monoisotopic (exact) mass is 208 g/mol. The Kier molecular flexibility index (Phi) is 5.15. The van der Waals surface area contributed by atoms with E-state index in [2.05, 4.69) is 17.5 Å². The quantitative estimate of drug-likeness (QED) is 0.556. The van der Waals surface area contributed by atoms with Crippen molar-refractivity contribution < 1.29 is 4.42 Å². The van der Waals surface area contributed by atoms with Gasteiger partial charge < -0.3 is 15.5 Å². The van der Waals surface area contributed by atoms with Crippen molar-refractivity contribution in [3.05, 3.63) is 35.8 Å². The molecular formula is C12H20N2O. The fraction of sp³-hybridized carbons (Fsp3) is 0.500. The maximum atomic E-state index is 5.69. The first-order chi connectivity index (χ1) is 7.27. The zero-order chi connectivity index (χ0) is 11.1. The fourth-order valence-electron chi connectivity index (χ4n) is 1.45. The highest BCUT2D eigenvalue weighted by atomic mass is 16.3. The summed E-state index contributed by atoms with van der Waals surface area (Å²) >= 11 is 0. The first-order valence-electron chi connectivity index (χ1n) is 5.39. The molecule has 3 N–H and O–H groups in total. The summed E-state index contributed by atoms with van der Waals surface area (Å²) < 4.78 is 5.53. The number of furan rings is 1. The zero-order valence-electron chi connectivity index (χ0n) is 9.49. The molecule has 1 unspecified atom stereocenters. The van der Waals surface area contributed by atoms with E-state index in [1.165, 1.54) is 0 Å². The summed E-state index contributed by atoms with van der Waals surface area (Å²) in [6.45, 7) is 5.45. The molecule has 0 radical (unpaired) electrons. The second-order valence-electron chi connectivity index (χ2n) is 3.55. The summed E-state index contributed by atoms with van der Waals surface area (Å²) in [7, 11) is 0. The Morgan fingerprint density at radius 3 is 2.87 bits per heavy atom. The smallest absolute Gasteiger partial charge is 0.122 e. The van der Waals surface area contributed by atoms with Crippen LogP contribution in [0.3, 0.4) is 0 Å². The van der Waals surface area contributed by atoms with E-state index in [0.29, 0.717) is 6.54 Å². The van der Waals surface area contributed by atoms with Crippen molar-refractivity contribution in [3.63, 3.8) is 0 Å². The van der Waals surface area contributed by atoms with Crippen LogP contribution in [0.1, 0.15) is 30.9 Å². The lowest BCUT2D eigenvalue weighted by Crippen LogP contribution is -2.28. The van der Waals surface area contributed by atoms with Crippen molar-refractivity contribution in [1.82, 2.24) is 5.32 Å². The van der Waals surface area contributed by atoms with Gasteiger partial charge in [-0.2, -0.15) is 0 Å². The van der Waals surface area contributed by atoms with Crippen molar-refractivity contribution in [2.24, 2.45) is 5.73 Å². The fourth-order valence-corrected chi connectivity index (χ4v) is 1.45. The number of nitrogens with two attached hydrogens (primary N) is 1. The molecule has 0 saturated carbocycles. The summed E-state index contributed by atoms with van der Waals surface area (Å²) in [5.41, 5.74) is 5.69. The van der Waals surface area contributed by atoms with Crippen LogP contribution in [0.4, 0.5) is 0 Å². The second-order valence-corrected chi connectivity index (χ2v) is 3.55. The van der Waals surface area contributed by atoms with Crippen molar-refractivity contribution in [3.8, 4) is 0 Å². The van der Waals surface area contributed by atoms with E-state index in [0.717, 1.165) is 24.5 Å². The minimum atomic E-state index is 0.129. The lowest BCUT2D eigenvalue weighted by Gasteiger charge is -2.13. The van der Waals surface area contributed by atoms with Crippen LogP contribution in [0.15, 0.2) is 28.7 Å². The molecule has 0 spiro atoms. The third-order valence-corrected chi connectivity index (χ3v) is 2.28. The zero-order valence-corrected chi connectivity index (χ0v) is 9.49. The molecule has 0 aliphatic heterocycles. The van der Waals surface area contributed by atoms with Crippen molar-refractivity contribution in [2.45, 2.75) is 26.3 Å². The van der Waals surface area contributed by atoms with Crippen molar-refractivity contribution >= 4 is 0 Å². The van der Waals surface area contributed by atoms with Gasteiger partial charge in [0.2, 0.25) is 0 Å². The van der Waals surface area contributed by atoms with Gasteiger partial charge in [0, 0.05) is 6.54 Å². The summed E-state index contributed by atoms with van der Waals surface area (Å²) in [6.07, 6.45) is 5.21. The SMILES string of the molecule is C/C=C/CCNC(CN)c1ccc(C)o1. The molecule has 0 aliphatic carbocycles. The van der Waals surface area contributed by atoms with Crippen LogP contribution < -0.4 is 11.1 Å². The number of aryl methyl sites for hydroxylation is 1. The second kappa shape index (κ2) is 6.43. The molecule has 1 heterocycles. The molecule has 1 rings (SSSR count). The van der Waals surface area contributed by atoms with E-state index >= 15 is 0 Å². The van der Waals surface area contributed by atoms with Gasteiger partial charge in [-0.1, -0.05) is 12.2 Å². The predicted molar refractivity (Wildman–Crippen MR) is 62.7 cm³/mol. The van der Waals surface area contributed by atoms with Gasteiger partial charge in [0.1, 0.15) is 11.5 Å². The minimum Gasteiger partial charge on any atom is -0.465 e. The number of hydrogen-bond acceptors (Lipinski definition) is 3. The molecule has 0 bridgehead atoms. The van der Waals surface area contributed by atoms with Crippen LogP contribution in [-0.4, -0.2) is 13.1 Å². The molecule has 84 valence electrons. The molecule has 0 aliphatic rings. The summed E-state index contributed by atoms with van der Waals surface area (Å²) in [5, 5.41) is 3.36. The average Bonchev–Trinajstić information content (AvgIpc) is 2.65. The summed E-state index contributed by atoms with van der Waals surface area (Å²) in [5.74, 6) is 1.86. The Bertz CT molecular complexity index is 304. The lowest BCUT2D eigenvalue weighted by atomic mass is 10.2. The highest BCUT2D eigenvalue weighted by Crippen LogP contribution is 2.14. The number of hydrogen-bond donors (Lipinski definition) is 2. The van der Waals surface area contributed by atoms with Gasteiger partial charge in [-0.3, -0.25) is 0 Å². The van der Waals surface area contributed by atoms with Gasteiger partial charge in [0.05, 0.1) is 6.04 Å². The van der Waals surface area contributed by atoms with Gasteiger partial charge in [0.15, 0.2) is 0 Å². The van der Waals surface area contributed by atoms with E-state index < -0.39 is 0 Å². The molecule has 3 heteroatoms. The van der Waals surface area contributed by atoms with E-state index in [9.17, 15) is 0 Å². The van der Waals surface area contributed by atoms with Crippen LogP contribution in [0.25, 0.3) is 0 Å². The first kappa shape index (κ1) is 12.0. The van der Waals surface area contributed by atoms with Crippen molar-refractivity contribution in [2.75, 3.05) is 13.1 Å². The van der Waals surface area contributed by atoms with Gasteiger partial charge in [-0.05, 0) is 38.9 Å². The largest absolute Gasteiger partial charge is 0.465 e. The molecular weight excluding hydrogens is 188 g/mol. The maximum Gasteiger partial charge on any atom is 0.122 e. The number of nitrogens with one attached hydrogen (secondary N) is 1. The van der Waals surface area contributed by atoms with Crippen LogP contribution in [0.5, 0.6) is 0 Å². The molecule has 0 aromatic carbocycles. The van der Waals surface area contributed by atoms with Gasteiger partial charge in [-0.25, -0.2) is 0 Å². The van der Waals surface area contributed by atoms with Crippen LogP contribution in [-0.2, 0) is 0 Å². The third-order valence-electron chi connectivity index (χ3n) is 2.28. The Balaban J connectivity index is 2.42. The van der Waals surface area contributed by atoms with Crippen LogP contribution in [0, 0.1) is 6.92 Å². The van der Waals surface area contributed by atoms with Gasteiger partial charge >= 0.3 is 0 Å². The first-order valence-corrected chi connectivity index (χ1v) is 5.39. The van der Waals surface area contributed by atoms with E-state index in [1.54, 1.807) is 0 Å².